The lowest BCUT2D eigenvalue weighted by Crippen LogP contribution is -2.54. The van der Waals surface area contributed by atoms with Crippen LogP contribution in [-0.4, -0.2) is 17.0 Å². The van der Waals surface area contributed by atoms with Gasteiger partial charge in [0.2, 0.25) is 0 Å². The van der Waals surface area contributed by atoms with Crippen LogP contribution in [0.5, 0.6) is 0 Å². The molecule has 2 heteroatoms. The molecule has 1 saturated heterocycles. The Bertz CT molecular complexity index is 488. The van der Waals surface area contributed by atoms with Gasteiger partial charge in [-0.1, -0.05) is 31.2 Å². The van der Waals surface area contributed by atoms with Crippen LogP contribution in [0, 0.1) is 11.5 Å². The minimum atomic E-state index is 0.270. The predicted molar refractivity (Wildman–Crippen MR) is 67.4 cm³/mol. The molecule has 1 aromatic carbocycles. The van der Waals surface area contributed by atoms with Gasteiger partial charge in [0.1, 0.15) is 0 Å². The molecule has 17 heavy (non-hydrogen) atoms. The van der Waals surface area contributed by atoms with E-state index < -0.39 is 0 Å². The molecule has 2 bridgehead atoms. The highest BCUT2D eigenvalue weighted by Crippen LogP contribution is 2.46. The maximum Gasteiger partial charge on any atom is 0.179 e. The average molecular weight is 226 g/mol. The highest BCUT2D eigenvalue weighted by molar-refractivity contribution is 5.39. The summed E-state index contributed by atoms with van der Waals surface area (Å²) >= 11 is 0. The molecule has 1 heterocycles. The zero-order valence-corrected chi connectivity index (χ0v) is 10.5. The normalized spacial score (nSPS) is 35.0. The van der Waals surface area contributed by atoms with Crippen molar-refractivity contribution >= 4 is 0 Å². The molecule has 0 N–H and O–H groups in total. The fourth-order valence-electron chi connectivity index (χ4n) is 3.92. The van der Waals surface area contributed by atoms with E-state index in [9.17, 15) is 5.26 Å². The molecule has 2 nitrogen and oxygen atoms in total. The minimum Gasteiger partial charge on any atom is -0.304 e. The minimum absolute atomic E-state index is 0.270. The van der Waals surface area contributed by atoms with Crippen molar-refractivity contribution in [2.24, 2.45) is 0 Å². The fraction of sp³-hybridized carbons (Fsp3) is 0.533. The van der Waals surface area contributed by atoms with E-state index in [2.05, 4.69) is 44.3 Å². The fourth-order valence-corrected chi connectivity index (χ4v) is 3.92. The summed E-state index contributed by atoms with van der Waals surface area (Å²) in [6, 6.07) is 9.54. The molecular weight excluding hydrogens is 208 g/mol. The van der Waals surface area contributed by atoms with Crippen molar-refractivity contribution in [3.63, 3.8) is 0 Å². The smallest absolute Gasteiger partial charge is 0.179 e. The Balaban J connectivity index is 2.09. The van der Waals surface area contributed by atoms with Gasteiger partial charge in [-0.25, -0.2) is 0 Å². The van der Waals surface area contributed by atoms with Crippen molar-refractivity contribution in [3.05, 3.63) is 35.4 Å². The van der Waals surface area contributed by atoms with Gasteiger partial charge in [0, 0.05) is 12.1 Å². The number of hydrogen-bond donors (Lipinski definition) is 0. The van der Waals surface area contributed by atoms with Crippen LogP contribution < -0.4 is 0 Å². The monoisotopic (exact) mass is 226 g/mol. The van der Waals surface area contributed by atoms with Crippen LogP contribution >= 0.6 is 0 Å². The molecule has 3 rings (SSSR count). The lowest BCUT2D eigenvalue weighted by atomic mass is 9.63. The second-order valence-corrected chi connectivity index (χ2v) is 5.84. The molecule has 88 valence electrons. The van der Waals surface area contributed by atoms with Crippen LogP contribution in [0.15, 0.2) is 24.3 Å². The van der Waals surface area contributed by atoms with E-state index in [1.54, 1.807) is 0 Å². The standard InChI is InChI=1S/C15H18N2/c1-11-8-15(2)9-13(17(11)10-16)7-12-5-3-4-6-14(12)15/h3-6,11,13H,7-9H2,1-2H3/t11-,13?,15?/m1/s1. The number of likely N-dealkylation sites (tertiary alicyclic amines) is 1. The molecule has 0 spiro atoms. The highest BCUT2D eigenvalue weighted by atomic mass is 15.2. The topological polar surface area (TPSA) is 27.0 Å². The lowest BCUT2D eigenvalue weighted by molar-refractivity contribution is 0.0907. The van der Waals surface area contributed by atoms with Crippen LogP contribution in [0.4, 0.5) is 0 Å². The summed E-state index contributed by atoms with van der Waals surface area (Å²) in [5.41, 5.74) is 3.23. The quantitative estimate of drug-likeness (QED) is 0.636. The summed E-state index contributed by atoms with van der Waals surface area (Å²) in [6.07, 6.45) is 5.64. The van der Waals surface area contributed by atoms with Crippen molar-refractivity contribution in [1.29, 1.82) is 5.26 Å². The number of piperidine rings is 1. The Morgan fingerprint density at radius 3 is 2.88 bits per heavy atom. The summed E-state index contributed by atoms with van der Waals surface area (Å²) in [6.45, 7) is 4.55. The number of fused-ring (bicyclic) bond motifs is 4. The second-order valence-electron chi connectivity index (χ2n) is 5.84. The Morgan fingerprint density at radius 1 is 1.35 bits per heavy atom. The van der Waals surface area contributed by atoms with E-state index in [4.69, 9.17) is 0 Å². The number of nitriles is 1. The highest BCUT2D eigenvalue weighted by Gasteiger charge is 2.45. The molecule has 0 amide bonds. The molecule has 1 aliphatic heterocycles. The first-order valence-electron chi connectivity index (χ1n) is 6.40. The zero-order chi connectivity index (χ0) is 12.0. The first-order valence-corrected chi connectivity index (χ1v) is 6.40. The van der Waals surface area contributed by atoms with Crippen LogP contribution in [0.25, 0.3) is 0 Å². The molecule has 1 fully saturated rings. The van der Waals surface area contributed by atoms with Crippen molar-refractivity contribution < 1.29 is 0 Å². The summed E-state index contributed by atoms with van der Waals surface area (Å²) in [5, 5.41) is 9.28. The van der Waals surface area contributed by atoms with E-state index >= 15 is 0 Å². The zero-order valence-electron chi connectivity index (χ0n) is 10.5. The van der Waals surface area contributed by atoms with Gasteiger partial charge in [-0.05, 0) is 42.7 Å². The molecule has 0 saturated carbocycles. The van der Waals surface area contributed by atoms with Gasteiger partial charge >= 0.3 is 0 Å². The first kappa shape index (κ1) is 10.7. The summed E-state index contributed by atoms with van der Waals surface area (Å²) in [4.78, 5) is 2.01. The van der Waals surface area contributed by atoms with Crippen molar-refractivity contribution in [2.45, 2.75) is 50.6 Å². The van der Waals surface area contributed by atoms with Crippen LogP contribution in [-0.2, 0) is 11.8 Å². The Labute approximate surface area is 103 Å². The van der Waals surface area contributed by atoms with Gasteiger partial charge < -0.3 is 4.90 Å². The third-order valence-corrected chi connectivity index (χ3v) is 4.54. The number of hydrogen-bond acceptors (Lipinski definition) is 2. The maximum atomic E-state index is 9.28. The van der Waals surface area contributed by atoms with Gasteiger partial charge in [-0.2, -0.15) is 5.26 Å². The van der Waals surface area contributed by atoms with Gasteiger partial charge in [0.15, 0.2) is 6.19 Å². The molecule has 1 aliphatic carbocycles. The van der Waals surface area contributed by atoms with E-state index in [1.165, 1.54) is 11.1 Å². The number of nitrogens with zero attached hydrogens (tertiary/aromatic N) is 2. The molecule has 0 radical (unpaired) electrons. The molecule has 3 atom stereocenters. The summed E-state index contributed by atoms with van der Waals surface area (Å²) in [5.74, 6) is 0. The van der Waals surface area contributed by atoms with E-state index in [0.717, 1.165) is 19.3 Å². The SMILES string of the molecule is C[C@@H]1CC2(C)CC(Cc3ccccc32)N1C#N. The Kier molecular flexibility index (Phi) is 2.19. The van der Waals surface area contributed by atoms with E-state index in [0.29, 0.717) is 12.1 Å². The van der Waals surface area contributed by atoms with Crippen molar-refractivity contribution in [1.82, 2.24) is 4.90 Å². The third kappa shape index (κ3) is 1.45. The van der Waals surface area contributed by atoms with E-state index in [-0.39, 0.29) is 5.41 Å². The number of rotatable bonds is 0. The van der Waals surface area contributed by atoms with E-state index in [1.807, 2.05) is 4.90 Å². The first-order chi connectivity index (χ1) is 8.14. The molecule has 1 aromatic rings. The second kappa shape index (κ2) is 3.50. The molecular formula is C15H18N2. The molecule has 2 aliphatic rings. The summed E-state index contributed by atoms with van der Waals surface area (Å²) in [7, 11) is 0. The van der Waals surface area contributed by atoms with Gasteiger partial charge in [0.25, 0.3) is 0 Å². The Hall–Kier alpha value is -1.49. The Morgan fingerprint density at radius 2 is 2.12 bits per heavy atom. The van der Waals surface area contributed by atoms with Crippen LogP contribution in [0.3, 0.4) is 0 Å². The predicted octanol–water partition coefficient (Wildman–Crippen LogP) is 2.83. The van der Waals surface area contributed by atoms with Gasteiger partial charge in [0.05, 0.1) is 0 Å². The third-order valence-electron chi connectivity index (χ3n) is 4.54. The van der Waals surface area contributed by atoms with Crippen LogP contribution in [0.2, 0.25) is 0 Å². The molecule has 2 unspecified atom stereocenters. The van der Waals surface area contributed by atoms with Gasteiger partial charge in [-0.3, -0.25) is 0 Å². The maximum absolute atomic E-state index is 9.28. The summed E-state index contributed by atoms with van der Waals surface area (Å²) < 4.78 is 0. The van der Waals surface area contributed by atoms with Crippen LogP contribution in [0.1, 0.15) is 37.8 Å². The van der Waals surface area contributed by atoms with Gasteiger partial charge in [-0.15, -0.1) is 0 Å². The average Bonchev–Trinajstić information content (AvgIpc) is 2.28. The van der Waals surface area contributed by atoms with Crippen molar-refractivity contribution in [2.75, 3.05) is 0 Å². The lowest BCUT2D eigenvalue weighted by Gasteiger charge is -2.51. The number of benzene rings is 1. The largest absolute Gasteiger partial charge is 0.304 e. The molecule has 0 aromatic heterocycles. The van der Waals surface area contributed by atoms with Crippen molar-refractivity contribution in [3.8, 4) is 6.19 Å².